The van der Waals surface area contributed by atoms with Crippen LogP contribution in [0.1, 0.15) is 19.4 Å². The van der Waals surface area contributed by atoms with Gasteiger partial charge in [0.2, 0.25) is 10.0 Å². The molecule has 8 nitrogen and oxygen atoms in total. The Labute approximate surface area is 209 Å². The fourth-order valence-corrected chi connectivity index (χ4v) is 5.01. The number of sulfonamides is 1. The van der Waals surface area contributed by atoms with Crippen molar-refractivity contribution in [2.45, 2.75) is 26.5 Å². The van der Waals surface area contributed by atoms with E-state index in [0.29, 0.717) is 32.7 Å². The molecule has 1 aromatic rings. The molecule has 2 aliphatic rings. The lowest BCUT2D eigenvalue weighted by Gasteiger charge is -2.35. The van der Waals surface area contributed by atoms with Crippen LogP contribution in [0.25, 0.3) is 0 Å². The van der Waals surface area contributed by atoms with E-state index in [9.17, 15) is 8.42 Å². The molecule has 32 heavy (non-hydrogen) atoms. The van der Waals surface area contributed by atoms with E-state index in [1.54, 1.807) is 11.4 Å². The van der Waals surface area contributed by atoms with Crippen molar-refractivity contribution in [1.29, 1.82) is 0 Å². The monoisotopic (exact) mass is 577 g/mol. The smallest absolute Gasteiger partial charge is 0.216 e. The zero-order valence-corrected chi connectivity index (χ0v) is 22.4. The van der Waals surface area contributed by atoms with Crippen molar-refractivity contribution in [3.8, 4) is 0 Å². The minimum atomic E-state index is -3.29. The molecule has 10 heteroatoms. The minimum absolute atomic E-state index is 0. The van der Waals surface area contributed by atoms with Gasteiger partial charge < -0.3 is 19.9 Å². The number of piperazine rings is 1. The third kappa shape index (κ3) is 7.60. The molecular formula is C22H36IN5O3S. The van der Waals surface area contributed by atoms with Crippen molar-refractivity contribution >= 4 is 45.6 Å². The second-order valence-corrected chi connectivity index (χ2v) is 10.2. The van der Waals surface area contributed by atoms with Gasteiger partial charge in [0.15, 0.2) is 5.96 Å². The summed E-state index contributed by atoms with van der Waals surface area (Å²) in [6, 6.07) is 8.58. The number of anilines is 1. The molecule has 0 aliphatic carbocycles. The van der Waals surface area contributed by atoms with Crippen LogP contribution in [0.4, 0.5) is 5.69 Å². The standard InChI is InChI=1S/C22H35N5O3S.HI/c1-19(2)30-16-17-31(28,29)27-14-12-26(13-15-27)22(23-3)24-18-20-6-8-21(9-7-20)25-10-4-5-11-25;/h4-9,19H,10-18H2,1-3H3,(H,23,24);1H. The van der Waals surface area contributed by atoms with Gasteiger partial charge in [0.25, 0.3) is 0 Å². The highest BCUT2D eigenvalue weighted by Crippen LogP contribution is 2.17. The maximum Gasteiger partial charge on any atom is 0.216 e. The quantitative estimate of drug-likeness (QED) is 0.221. The molecule has 1 N–H and O–H groups in total. The van der Waals surface area contributed by atoms with Gasteiger partial charge in [-0.2, -0.15) is 4.31 Å². The molecule has 0 aromatic heterocycles. The molecule has 0 bridgehead atoms. The summed E-state index contributed by atoms with van der Waals surface area (Å²) in [5.74, 6) is 0.828. The molecule has 180 valence electrons. The van der Waals surface area contributed by atoms with E-state index < -0.39 is 10.0 Å². The summed E-state index contributed by atoms with van der Waals surface area (Å²) in [6.45, 7) is 8.81. The first-order valence-electron chi connectivity index (χ1n) is 10.9. The largest absolute Gasteiger partial charge is 0.378 e. The topological polar surface area (TPSA) is 77.5 Å². The Kier molecular flexibility index (Phi) is 10.7. The SMILES string of the molecule is CN=C(NCc1ccc(N2CC=CC2)cc1)N1CCN(S(=O)(=O)CCOC(C)C)CC1.I. The summed E-state index contributed by atoms with van der Waals surface area (Å²) in [4.78, 5) is 8.82. The molecule has 1 saturated heterocycles. The molecule has 0 atom stereocenters. The third-order valence-electron chi connectivity index (χ3n) is 5.51. The van der Waals surface area contributed by atoms with Crippen LogP contribution in [0.3, 0.4) is 0 Å². The number of guanidine groups is 1. The first kappa shape index (κ1) is 26.9. The minimum Gasteiger partial charge on any atom is -0.378 e. The summed E-state index contributed by atoms with van der Waals surface area (Å²) in [5, 5.41) is 3.41. The molecular weight excluding hydrogens is 541 g/mol. The second-order valence-electron chi connectivity index (χ2n) is 8.07. The van der Waals surface area contributed by atoms with E-state index in [1.165, 1.54) is 11.3 Å². The highest BCUT2D eigenvalue weighted by Gasteiger charge is 2.28. The number of benzene rings is 1. The van der Waals surface area contributed by atoms with E-state index in [2.05, 4.69) is 56.5 Å². The van der Waals surface area contributed by atoms with Crippen molar-refractivity contribution < 1.29 is 13.2 Å². The van der Waals surface area contributed by atoms with E-state index in [-0.39, 0.29) is 42.4 Å². The molecule has 2 heterocycles. The lowest BCUT2D eigenvalue weighted by molar-refractivity contribution is 0.0904. The van der Waals surface area contributed by atoms with Crippen LogP contribution in [-0.4, -0.2) is 88.4 Å². The van der Waals surface area contributed by atoms with Gasteiger partial charge in [-0.3, -0.25) is 4.99 Å². The van der Waals surface area contributed by atoms with Crippen LogP contribution in [0.5, 0.6) is 0 Å². The van der Waals surface area contributed by atoms with Gasteiger partial charge >= 0.3 is 0 Å². The number of rotatable bonds is 8. The highest BCUT2D eigenvalue weighted by molar-refractivity contribution is 14.0. The van der Waals surface area contributed by atoms with Gasteiger partial charge in [-0.25, -0.2) is 8.42 Å². The van der Waals surface area contributed by atoms with E-state index in [4.69, 9.17) is 4.74 Å². The number of hydrogen-bond acceptors (Lipinski definition) is 5. The van der Waals surface area contributed by atoms with Crippen LogP contribution in [0.2, 0.25) is 0 Å². The maximum atomic E-state index is 12.5. The van der Waals surface area contributed by atoms with Crippen molar-refractivity contribution in [1.82, 2.24) is 14.5 Å². The number of nitrogens with zero attached hydrogens (tertiary/aromatic N) is 4. The Morgan fingerprint density at radius 2 is 1.72 bits per heavy atom. The van der Waals surface area contributed by atoms with Gasteiger partial charge in [0.05, 0.1) is 18.5 Å². The summed E-state index contributed by atoms with van der Waals surface area (Å²) >= 11 is 0. The van der Waals surface area contributed by atoms with E-state index >= 15 is 0 Å². The van der Waals surface area contributed by atoms with Crippen LogP contribution in [-0.2, 0) is 21.3 Å². The summed E-state index contributed by atoms with van der Waals surface area (Å²) < 4.78 is 32.0. The molecule has 0 saturated carbocycles. The predicted molar refractivity (Wildman–Crippen MR) is 141 cm³/mol. The Hall–Kier alpha value is -1.37. The number of aliphatic imine (C=N–C) groups is 1. The summed E-state index contributed by atoms with van der Waals surface area (Å²) in [7, 11) is -1.53. The van der Waals surface area contributed by atoms with Gasteiger partial charge in [0, 0.05) is 58.5 Å². The Morgan fingerprint density at radius 1 is 1.09 bits per heavy atom. The third-order valence-corrected chi connectivity index (χ3v) is 7.34. The normalized spacial score (nSPS) is 17.7. The van der Waals surface area contributed by atoms with E-state index in [1.807, 2.05) is 13.8 Å². The zero-order chi connectivity index (χ0) is 22.3. The van der Waals surface area contributed by atoms with Crippen molar-refractivity contribution in [3.05, 3.63) is 42.0 Å². The number of nitrogens with one attached hydrogen (secondary N) is 1. The highest BCUT2D eigenvalue weighted by atomic mass is 127. The molecule has 0 amide bonds. The van der Waals surface area contributed by atoms with Crippen LogP contribution in [0, 0.1) is 0 Å². The fourth-order valence-electron chi connectivity index (χ4n) is 3.72. The van der Waals surface area contributed by atoms with Crippen molar-refractivity contribution in [2.24, 2.45) is 4.99 Å². The Morgan fingerprint density at radius 3 is 2.28 bits per heavy atom. The molecule has 1 fully saturated rings. The van der Waals surface area contributed by atoms with Crippen molar-refractivity contribution in [3.63, 3.8) is 0 Å². The number of ether oxygens (including phenoxy) is 1. The molecule has 3 rings (SSSR count). The average Bonchev–Trinajstić information content (AvgIpc) is 3.29. The predicted octanol–water partition coefficient (Wildman–Crippen LogP) is 2.13. The van der Waals surface area contributed by atoms with Crippen molar-refractivity contribution in [2.75, 3.05) is 63.6 Å². The molecule has 0 spiro atoms. The van der Waals surface area contributed by atoms with E-state index in [0.717, 1.165) is 19.0 Å². The van der Waals surface area contributed by atoms with Crippen LogP contribution >= 0.6 is 24.0 Å². The summed E-state index contributed by atoms with van der Waals surface area (Å²) in [5.41, 5.74) is 2.41. The molecule has 1 aromatic carbocycles. The first-order valence-corrected chi connectivity index (χ1v) is 12.5. The number of halogens is 1. The zero-order valence-electron chi connectivity index (χ0n) is 19.2. The Bertz CT molecular complexity index is 858. The van der Waals surface area contributed by atoms with Crippen LogP contribution in [0.15, 0.2) is 41.4 Å². The summed E-state index contributed by atoms with van der Waals surface area (Å²) in [6.07, 6.45) is 4.41. The van der Waals surface area contributed by atoms with Crippen LogP contribution < -0.4 is 10.2 Å². The molecule has 0 unspecified atom stereocenters. The average molecular weight is 578 g/mol. The van der Waals surface area contributed by atoms with Gasteiger partial charge in [-0.05, 0) is 31.5 Å². The lowest BCUT2D eigenvalue weighted by Crippen LogP contribution is -2.54. The first-order chi connectivity index (χ1) is 14.9. The molecule has 0 radical (unpaired) electrons. The molecule has 2 aliphatic heterocycles. The van der Waals surface area contributed by atoms with Gasteiger partial charge in [-0.15, -0.1) is 24.0 Å². The second kappa shape index (κ2) is 12.8. The fraction of sp³-hybridized carbons (Fsp3) is 0.591. The maximum absolute atomic E-state index is 12.5. The number of hydrogen-bond donors (Lipinski definition) is 1. The lowest BCUT2D eigenvalue weighted by atomic mass is 10.2. The van der Waals surface area contributed by atoms with Gasteiger partial charge in [-0.1, -0.05) is 24.3 Å². The Balaban J connectivity index is 0.00000363. The van der Waals surface area contributed by atoms with Gasteiger partial charge in [0.1, 0.15) is 0 Å².